The molecule has 4 aromatic rings. The maximum absolute atomic E-state index is 12.5. The normalized spacial score (nSPS) is 10.8. The van der Waals surface area contributed by atoms with Crippen LogP contribution in [-0.2, 0) is 9.53 Å². The number of ether oxygens (including phenoxy) is 1. The Balaban J connectivity index is 1.50. The van der Waals surface area contributed by atoms with Gasteiger partial charge in [-0.3, -0.25) is 9.78 Å². The average Bonchev–Trinajstić information content (AvgIpc) is 3.14. The molecule has 32 heavy (non-hydrogen) atoms. The number of nitrogens with zero attached hydrogens (tertiary/aromatic N) is 3. The maximum atomic E-state index is 12.5. The first-order valence-electron chi connectivity index (χ1n) is 9.62. The van der Waals surface area contributed by atoms with Gasteiger partial charge in [0.1, 0.15) is 0 Å². The van der Waals surface area contributed by atoms with E-state index in [1.54, 1.807) is 24.3 Å². The Hall–Kier alpha value is -3.92. The van der Waals surface area contributed by atoms with Gasteiger partial charge < -0.3 is 10.1 Å². The Bertz CT molecular complexity index is 1350. The number of hydrogen-bond donors (Lipinski definition) is 2. The summed E-state index contributed by atoms with van der Waals surface area (Å²) < 4.78 is 5.88. The molecule has 4 rings (SSSR count). The van der Waals surface area contributed by atoms with Gasteiger partial charge in [0.2, 0.25) is 5.91 Å². The number of esters is 1. The SMILES string of the molecule is COC(=O)c1ccc(NC(=O)CSc2nc3c(-c4ccccc4)c(C)nn3c(=O)[nH]2)cc1. The van der Waals surface area contributed by atoms with E-state index in [0.29, 0.717) is 27.7 Å². The number of carbonyl (C=O) groups excluding carboxylic acids is 2. The van der Waals surface area contributed by atoms with Gasteiger partial charge in [-0.15, -0.1) is 0 Å². The number of aromatic amines is 1. The van der Waals surface area contributed by atoms with Crippen molar-refractivity contribution in [2.75, 3.05) is 18.2 Å². The predicted octanol–water partition coefficient (Wildman–Crippen LogP) is 2.91. The molecule has 0 unspecified atom stereocenters. The van der Waals surface area contributed by atoms with Crippen molar-refractivity contribution in [2.24, 2.45) is 0 Å². The minimum absolute atomic E-state index is 0.0334. The van der Waals surface area contributed by atoms with E-state index in [0.717, 1.165) is 22.9 Å². The third-order valence-electron chi connectivity index (χ3n) is 4.64. The van der Waals surface area contributed by atoms with Crippen LogP contribution in [0.1, 0.15) is 16.1 Å². The summed E-state index contributed by atoms with van der Waals surface area (Å²) in [6.45, 7) is 1.82. The first-order valence-corrected chi connectivity index (χ1v) is 10.6. The summed E-state index contributed by atoms with van der Waals surface area (Å²) in [6, 6.07) is 15.9. The molecule has 162 valence electrons. The van der Waals surface area contributed by atoms with Gasteiger partial charge in [-0.25, -0.2) is 14.6 Å². The van der Waals surface area contributed by atoms with Crippen LogP contribution >= 0.6 is 11.8 Å². The topological polar surface area (TPSA) is 118 Å². The summed E-state index contributed by atoms with van der Waals surface area (Å²) in [7, 11) is 1.30. The van der Waals surface area contributed by atoms with Crippen LogP contribution in [0, 0.1) is 6.92 Å². The van der Waals surface area contributed by atoms with Gasteiger partial charge in [-0.05, 0) is 36.8 Å². The number of anilines is 1. The van der Waals surface area contributed by atoms with Gasteiger partial charge in [0, 0.05) is 11.3 Å². The molecule has 2 aromatic carbocycles. The van der Waals surface area contributed by atoms with E-state index >= 15 is 0 Å². The van der Waals surface area contributed by atoms with Crippen molar-refractivity contribution in [1.29, 1.82) is 0 Å². The number of methoxy groups -OCH3 is 1. The van der Waals surface area contributed by atoms with Crippen molar-refractivity contribution in [3.63, 3.8) is 0 Å². The molecule has 0 saturated carbocycles. The van der Waals surface area contributed by atoms with Crippen LogP contribution in [0.15, 0.2) is 64.5 Å². The molecule has 0 atom stereocenters. The van der Waals surface area contributed by atoms with Crippen LogP contribution in [0.2, 0.25) is 0 Å². The van der Waals surface area contributed by atoms with Gasteiger partial charge >= 0.3 is 11.7 Å². The smallest absolute Gasteiger partial charge is 0.350 e. The molecule has 0 bridgehead atoms. The van der Waals surface area contributed by atoms with E-state index in [4.69, 9.17) is 0 Å². The molecule has 0 aliphatic carbocycles. The molecule has 0 aliphatic heterocycles. The molecule has 0 fully saturated rings. The molecule has 1 amide bonds. The number of carbonyl (C=O) groups is 2. The molecule has 9 nitrogen and oxygen atoms in total. The summed E-state index contributed by atoms with van der Waals surface area (Å²) in [6.07, 6.45) is 0. The zero-order valence-electron chi connectivity index (χ0n) is 17.3. The van der Waals surface area contributed by atoms with E-state index in [-0.39, 0.29) is 11.7 Å². The fraction of sp³-hybridized carbons (Fsp3) is 0.136. The Morgan fingerprint density at radius 2 is 1.84 bits per heavy atom. The number of aryl methyl sites for hydroxylation is 1. The monoisotopic (exact) mass is 449 g/mol. The standard InChI is InChI=1S/C22H19N5O4S/c1-13-18(14-6-4-3-5-7-14)19-24-21(25-22(30)27(19)26-13)32-12-17(28)23-16-10-8-15(9-11-16)20(29)31-2/h3-11H,12H2,1-2H3,(H,23,28)(H,24,25,30). The van der Waals surface area contributed by atoms with Crippen LogP contribution in [-0.4, -0.2) is 44.3 Å². The number of rotatable bonds is 6. The highest BCUT2D eigenvalue weighted by Crippen LogP contribution is 2.27. The third-order valence-corrected chi connectivity index (χ3v) is 5.52. The molecule has 0 aliphatic rings. The number of fused-ring (bicyclic) bond motifs is 1. The van der Waals surface area contributed by atoms with Crippen molar-refractivity contribution < 1.29 is 14.3 Å². The van der Waals surface area contributed by atoms with E-state index in [9.17, 15) is 14.4 Å². The van der Waals surface area contributed by atoms with Gasteiger partial charge in [-0.1, -0.05) is 42.1 Å². The summed E-state index contributed by atoms with van der Waals surface area (Å²) in [5, 5.41) is 7.35. The Morgan fingerprint density at radius 1 is 1.12 bits per heavy atom. The van der Waals surface area contributed by atoms with Crippen molar-refractivity contribution >= 4 is 35.0 Å². The summed E-state index contributed by atoms with van der Waals surface area (Å²) >= 11 is 1.11. The Morgan fingerprint density at radius 3 is 2.53 bits per heavy atom. The van der Waals surface area contributed by atoms with Crippen LogP contribution in [0.25, 0.3) is 16.8 Å². The highest BCUT2D eigenvalue weighted by atomic mass is 32.2. The van der Waals surface area contributed by atoms with Crippen LogP contribution in [0.4, 0.5) is 5.69 Å². The highest BCUT2D eigenvalue weighted by Gasteiger charge is 2.16. The second-order valence-electron chi connectivity index (χ2n) is 6.81. The number of amides is 1. The molecule has 0 radical (unpaired) electrons. The fourth-order valence-electron chi connectivity index (χ4n) is 3.18. The molecule has 2 heterocycles. The van der Waals surface area contributed by atoms with Gasteiger partial charge in [0.05, 0.1) is 24.1 Å². The summed E-state index contributed by atoms with van der Waals surface area (Å²) in [5.41, 5.74) is 3.29. The lowest BCUT2D eigenvalue weighted by molar-refractivity contribution is -0.113. The van der Waals surface area contributed by atoms with Crippen LogP contribution in [0.5, 0.6) is 0 Å². The molecular weight excluding hydrogens is 430 g/mol. The summed E-state index contributed by atoms with van der Waals surface area (Å²) in [4.78, 5) is 43.5. The van der Waals surface area contributed by atoms with E-state index in [1.165, 1.54) is 11.6 Å². The molecular formula is C22H19N5O4S. The quantitative estimate of drug-likeness (QED) is 0.343. The molecule has 2 aromatic heterocycles. The summed E-state index contributed by atoms with van der Waals surface area (Å²) in [5.74, 6) is -0.698. The van der Waals surface area contributed by atoms with E-state index in [2.05, 4.69) is 25.1 Å². The lowest BCUT2D eigenvalue weighted by Gasteiger charge is -2.06. The molecule has 2 N–H and O–H groups in total. The zero-order chi connectivity index (χ0) is 22.7. The van der Waals surface area contributed by atoms with Gasteiger partial charge in [0.15, 0.2) is 10.8 Å². The number of nitrogens with one attached hydrogen (secondary N) is 2. The second kappa shape index (κ2) is 9.06. The number of benzene rings is 2. The number of hydrogen-bond acceptors (Lipinski definition) is 7. The molecule has 0 saturated heterocycles. The third kappa shape index (κ3) is 4.40. The van der Waals surface area contributed by atoms with Crippen molar-refractivity contribution in [3.8, 4) is 11.1 Å². The number of thioether (sulfide) groups is 1. The first kappa shape index (κ1) is 21.3. The van der Waals surface area contributed by atoms with Gasteiger partial charge in [0.25, 0.3) is 0 Å². The zero-order valence-corrected chi connectivity index (χ0v) is 18.1. The number of aromatic nitrogens is 4. The highest BCUT2D eigenvalue weighted by molar-refractivity contribution is 7.99. The Labute approximate surface area is 186 Å². The minimum atomic E-state index is -0.450. The Kier molecular flexibility index (Phi) is 6.04. The van der Waals surface area contributed by atoms with E-state index in [1.807, 2.05) is 37.3 Å². The van der Waals surface area contributed by atoms with Crippen molar-refractivity contribution in [2.45, 2.75) is 12.1 Å². The molecule has 0 spiro atoms. The lowest BCUT2D eigenvalue weighted by Crippen LogP contribution is -2.20. The van der Waals surface area contributed by atoms with Crippen molar-refractivity contribution in [1.82, 2.24) is 19.6 Å². The maximum Gasteiger partial charge on any atom is 0.350 e. The lowest BCUT2D eigenvalue weighted by atomic mass is 10.1. The number of H-pyrrole nitrogens is 1. The predicted molar refractivity (Wildman–Crippen MR) is 121 cm³/mol. The first-order chi connectivity index (χ1) is 15.5. The largest absolute Gasteiger partial charge is 0.465 e. The van der Waals surface area contributed by atoms with Gasteiger partial charge in [-0.2, -0.15) is 9.61 Å². The minimum Gasteiger partial charge on any atom is -0.465 e. The van der Waals surface area contributed by atoms with Crippen LogP contribution in [0.3, 0.4) is 0 Å². The second-order valence-corrected chi connectivity index (χ2v) is 7.78. The van der Waals surface area contributed by atoms with E-state index < -0.39 is 11.7 Å². The fourth-order valence-corrected chi connectivity index (χ4v) is 3.83. The van der Waals surface area contributed by atoms with Crippen LogP contribution < -0.4 is 11.0 Å². The molecule has 10 heteroatoms. The van der Waals surface area contributed by atoms with Crippen molar-refractivity contribution in [3.05, 3.63) is 76.3 Å². The average molecular weight is 449 g/mol.